The van der Waals surface area contributed by atoms with Crippen molar-refractivity contribution < 1.29 is 19.4 Å². The Morgan fingerprint density at radius 2 is 2.00 bits per heavy atom. The van der Waals surface area contributed by atoms with Gasteiger partial charge in [0.25, 0.3) is 0 Å². The van der Waals surface area contributed by atoms with E-state index in [1.165, 1.54) is 0 Å². The minimum Gasteiger partial charge on any atom is -0.481 e. The predicted octanol–water partition coefficient (Wildman–Crippen LogP) is 2.29. The van der Waals surface area contributed by atoms with Crippen molar-refractivity contribution in [3.63, 3.8) is 0 Å². The van der Waals surface area contributed by atoms with E-state index in [0.29, 0.717) is 31.5 Å². The van der Waals surface area contributed by atoms with Gasteiger partial charge in [-0.15, -0.1) is 0 Å². The molecule has 1 aliphatic rings. The molecule has 5 heteroatoms. The molecule has 1 amide bonds. The van der Waals surface area contributed by atoms with Gasteiger partial charge in [0.1, 0.15) is 0 Å². The Morgan fingerprint density at radius 1 is 1.30 bits per heavy atom. The molecule has 5 nitrogen and oxygen atoms in total. The van der Waals surface area contributed by atoms with Crippen LogP contribution in [0.3, 0.4) is 0 Å². The summed E-state index contributed by atoms with van der Waals surface area (Å²) in [7, 11) is 0. The standard InChI is InChI=1S/C15H27NO4/c1-11(2)10-16(9-8-15(18)19)14(17)7-6-13-5-4-12(3)20-13/h11-13H,4-10H2,1-3H3,(H,18,19). The number of nitrogens with zero attached hydrogens (tertiary/aromatic N) is 1. The molecule has 0 aromatic carbocycles. The number of amides is 1. The molecule has 1 rings (SSSR count). The van der Waals surface area contributed by atoms with Gasteiger partial charge in [-0.3, -0.25) is 9.59 Å². The molecule has 2 unspecified atom stereocenters. The number of hydrogen-bond donors (Lipinski definition) is 1. The third-order valence-corrected chi connectivity index (χ3v) is 3.53. The van der Waals surface area contributed by atoms with Crippen LogP contribution >= 0.6 is 0 Å². The lowest BCUT2D eigenvalue weighted by Crippen LogP contribution is -2.36. The Kier molecular flexibility index (Phi) is 6.99. The molecule has 1 aliphatic heterocycles. The van der Waals surface area contributed by atoms with Crippen LogP contribution in [-0.4, -0.2) is 47.2 Å². The van der Waals surface area contributed by atoms with Gasteiger partial charge in [-0.05, 0) is 32.1 Å². The van der Waals surface area contributed by atoms with Crippen LogP contribution in [0.1, 0.15) is 52.9 Å². The molecule has 20 heavy (non-hydrogen) atoms. The van der Waals surface area contributed by atoms with Crippen LogP contribution in [0.2, 0.25) is 0 Å². The molecule has 1 heterocycles. The number of carbonyl (C=O) groups is 2. The Bertz CT molecular complexity index is 330. The highest BCUT2D eigenvalue weighted by atomic mass is 16.5. The Labute approximate surface area is 121 Å². The second-order valence-electron chi connectivity index (χ2n) is 6.06. The Balaban J connectivity index is 2.39. The van der Waals surface area contributed by atoms with Crippen molar-refractivity contribution in [3.8, 4) is 0 Å². The molecular weight excluding hydrogens is 258 g/mol. The van der Waals surface area contributed by atoms with Gasteiger partial charge in [0.05, 0.1) is 18.6 Å². The fraction of sp³-hybridized carbons (Fsp3) is 0.867. The van der Waals surface area contributed by atoms with Crippen LogP contribution in [0.5, 0.6) is 0 Å². The molecular formula is C15H27NO4. The van der Waals surface area contributed by atoms with Gasteiger partial charge in [-0.25, -0.2) is 0 Å². The van der Waals surface area contributed by atoms with Crippen LogP contribution in [-0.2, 0) is 14.3 Å². The van der Waals surface area contributed by atoms with Gasteiger partial charge in [0.2, 0.25) is 5.91 Å². The summed E-state index contributed by atoms with van der Waals surface area (Å²) in [6.45, 7) is 7.04. The van der Waals surface area contributed by atoms with Crippen molar-refractivity contribution in [2.45, 2.75) is 65.1 Å². The normalized spacial score (nSPS) is 22.2. The number of ether oxygens (including phenoxy) is 1. The van der Waals surface area contributed by atoms with Crippen molar-refractivity contribution in [1.82, 2.24) is 4.90 Å². The highest BCUT2D eigenvalue weighted by Crippen LogP contribution is 2.23. The topological polar surface area (TPSA) is 66.8 Å². The minimum absolute atomic E-state index is 0.00935. The number of carboxylic acids is 1. The minimum atomic E-state index is -0.862. The van der Waals surface area contributed by atoms with Crippen LogP contribution in [0.25, 0.3) is 0 Å². The third-order valence-electron chi connectivity index (χ3n) is 3.53. The maximum absolute atomic E-state index is 12.2. The molecule has 1 saturated heterocycles. The number of carbonyl (C=O) groups excluding carboxylic acids is 1. The zero-order valence-corrected chi connectivity index (χ0v) is 12.8. The average Bonchev–Trinajstić information content (AvgIpc) is 2.76. The van der Waals surface area contributed by atoms with E-state index in [9.17, 15) is 9.59 Å². The molecule has 116 valence electrons. The van der Waals surface area contributed by atoms with Gasteiger partial charge < -0.3 is 14.7 Å². The van der Waals surface area contributed by atoms with Crippen molar-refractivity contribution in [1.29, 1.82) is 0 Å². The van der Waals surface area contributed by atoms with Crippen LogP contribution < -0.4 is 0 Å². The largest absolute Gasteiger partial charge is 0.481 e. The lowest BCUT2D eigenvalue weighted by Gasteiger charge is -2.24. The lowest BCUT2D eigenvalue weighted by atomic mass is 10.1. The van der Waals surface area contributed by atoms with E-state index >= 15 is 0 Å². The molecule has 0 aromatic heterocycles. The first-order valence-electron chi connectivity index (χ1n) is 7.53. The van der Waals surface area contributed by atoms with Gasteiger partial charge >= 0.3 is 5.97 Å². The summed E-state index contributed by atoms with van der Waals surface area (Å²) in [6.07, 6.45) is 3.77. The maximum atomic E-state index is 12.2. The highest BCUT2D eigenvalue weighted by molar-refractivity contribution is 5.77. The molecule has 0 aromatic rings. The van der Waals surface area contributed by atoms with Crippen molar-refractivity contribution in [2.24, 2.45) is 5.92 Å². The summed E-state index contributed by atoms with van der Waals surface area (Å²) in [6, 6.07) is 0. The number of hydrogen-bond acceptors (Lipinski definition) is 3. The van der Waals surface area contributed by atoms with Crippen LogP contribution in [0.15, 0.2) is 0 Å². The fourth-order valence-electron chi connectivity index (χ4n) is 2.53. The van der Waals surface area contributed by atoms with Gasteiger partial charge in [0, 0.05) is 19.5 Å². The summed E-state index contributed by atoms with van der Waals surface area (Å²) < 4.78 is 5.71. The van der Waals surface area contributed by atoms with E-state index in [2.05, 4.69) is 6.92 Å². The predicted molar refractivity (Wildman–Crippen MR) is 76.5 cm³/mol. The van der Waals surface area contributed by atoms with Crippen molar-refractivity contribution in [2.75, 3.05) is 13.1 Å². The Morgan fingerprint density at radius 3 is 2.50 bits per heavy atom. The second-order valence-corrected chi connectivity index (χ2v) is 6.06. The van der Waals surface area contributed by atoms with E-state index in [1.54, 1.807) is 4.90 Å². The van der Waals surface area contributed by atoms with Crippen molar-refractivity contribution in [3.05, 3.63) is 0 Å². The average molecular weight is 285 g/mol. The molecule has 0 spiro atoms. The monoisotopic (exact) mass is 285 g/mol. The number of aliphatic carboxylic acids is 1. The highest BCUT2D eigenvalue weighted by Gasteiger charge is 2.23. The van der Waals surface area contributed by atoms with E-state index in [1.807, 2.05) is 13.8 Å². The molecule has 0 bridgehead atoms. The van der Waals surface area contributed by atoms with Gasteiger partial charge in [-0.1, -0.05) is 13.8 Å². The van der Waals surface area contributed by atoms with Gasteiger partial charge in [-0.2, -0.15) is 0 Å². The summed E-state index contributed by atoms with van der Waals surface area (Å²) >= 11 is 0. The first-order chi connectivity index (χ1) is 9.38. The molecule has 0 radical (unpaired) electrons. The number of rotatable bonds is 8. The molecule has 1 N–H and O–H groups in total. The zero-order chi connectivity index (χ0) is 15.1. The smallest absolute Gasteiger partial charge is 0.305 e. The maximum Gasteiger partial charge on any atom is 0.305 e. The van der Waals surface area contributed by atoms with Gasteiger partial charge in [0.15, 0.2) is 0 Å². The molecule has 0 aliphatic carbocycles. The van der Waals surface area contributed by atoms with Crippen LogP contribution in [0.4, 0.5) is 0 Å². The summed E-state index contributed by atoms with van der Waals surface area (Å²) in [5, 5.41) is 8.75. The molecule has 2 atom stereocenters. The fourth-order valence-corrected chi connectivity index (χ4v) is 2.53. The van der Waals surface area contributed by atoms with Crippen LogP contribution in [0, 0.1) is 5.92 Å². The summed E-state index contributed by atoms with van der Waals surface area (Å²) in [5.41, 5.74) is 0. The van der Waals surface area contributed by atoms with E-state index in [4.69, 9.17) is 9.84 Å². The second kappa shape index (κ2) is 8.25. The Hall–Kier alpha value is -1.10. The molecule has 0 saturated carbocycles. The SMILES string of the molecule is CC(C)CN(CCC(=O)O)C(=O)CCC1CCC(C)O1. The van der Waals surface area contributed by atoms with E-state index in [0.717, 1.165) is 19.3 Å². The first-order valence-corrected chi connectivity index (χ1v) is 7.53. The number of carboxylic acid groups (broad SMARTS) is 1. The van der Waals surface area contributed by atoms with E-state index in [-0.39, 0.29) is 18.4 Å². The lowest BCUT2D eigenvalue weighted by molar-refractivity contribution is -0.139. The third kappa shape index (κ3) is 6.37. The molecule has 1 fully saturated rings. The van der Waals surface area contributed by atoms with Crippen molar-refractivity contribution >= 4 is 11.9 Å². The summed E-state index contributed by atoms with van der Waals surface area (Å²) in [4.78, 5) is 24.5. The summed E-state index contributed by atoms with van der Waals surface area (Å²) in [5.74, 6) is -0.474. The zero-order valence-electron chi connectivity index (χ0n) is 12.8. The quantitative estimate of drug-likeness (QED) is 0.743. The first kappa shape index (κ1) is 17.0. The van der Waals surface area contributed by atoms with E-state index < -0.39 is 5.97 Å².